The number of hydrogen-bond acceptors (Lipinski definition) is 5. The highest BCUT2D eigenvalue weighted by Gasteiger charge is 2.44. The predicted octanol–water partition coefficient (Wildman–Crippen LogP) is 3.32. The van der Waals surface area contributed by atoms with E-state index < -0.39 is 11.9 Å². The zero-order valence-corrected chi connectivity index (χ0v) is 17.8. The molecule has 0 saturated carbocycles. The standard InChI is InChI=1S/C26H22N2O5/c29-24(14-18-7-3-1-4-8-18)27(16-19-11-12-22-23(13-19)33-17-32-22)21-15-25(30)28(26(21)31)20-9-5-2-6-10-20/h1-13,21H,14-17H2. The highest BCUT2D eigenvalue weighted by molar-refractivity contribution is 6.23. The van der Waals surface area contributed by atoms with Gasteiger partial charge >= 0.3 is 0 Å². The zero-order chi connectivity index (χ0) is 22.8. The molecule has 0 radical (unpaired) electrons. The van der Waals surface area contributed by atoms with E-state index in [2.05, 4.69) is 0 Å². The monoisotopic (exact) mass is 442 g/mol. The average Bonchev–Trinajstić information content (AvgIpc) is 3.42. The highest BCUT2D eigenvalue weighted by atomic mass is 16.7. The molecule has 0 N–H and O–H groups in total. The first-order valence-corrected chi connectivity index (χ1v) is 10.7. The average molecular weight is 442 g/mol. The summed E-state index contributed by atoms with van der Waals surface area (Å²) in [5.41, 5.74) is 2.14. The van der Waals surface area contributed by atoms with Crippen LogP contribution in [0.15, 0.2) is 78.9 Å². The Bertz CT molecular complexity index is 1200. The molecule has 1 fully saturated rings. The van der Waals surface area contributed by atoms with Crippen molar-refractivity contribution >= 4 is 23.4 Å². The van der Waals surface area contributed by atoms with E-state index in [4.69, 9.17) is 9.47 Å². The number of benzene rings is 3. The fraction of sp³-hybridized carbons (Fsp3) is 0.192. The van der Waals surface area contributed by atoms with Gasteiger partial charge in [0.1, 0.15) is 6.04 Å². The lowest BCUT2D eigenvalue weighted by Crippen LogP contribution is -2.45. The fourth-order valence-corrected chi connectivity index (χ4v) is 4.19. The van der Waals surface area contributed by atoms with Gasteiger partial charge in [-0.25, -0.2) is 4.90 Å². The number of rotatable bonds is 6. The summed E-state index contributed by atoms with van der Waals surface area (Å²) >= 11 is 0. The van der Waals surface area contributed by atoms with Crippen molar-refractivity contribution in [3.05, 3.63) is 90.0 Å². The maximum atomic E-state index is 13.4. The van der Waals surface area contributed by atoms with Gasteiger partial charge in [-0.1, -0.05) is 54.6 Å². The first kappa shape index (κ1) is 20.8. The molecule has 0 spiro atoms. The van der Waals surface area contributed by atoms with Crippen molar-refractivity contribution in [1.82, 2.24) is 4.90 Å². The number of amides is 3. The molecular weight excluding hydrogens is 420 g/mol. The first-order chi connectivity index (χ1) is 16.1. The van der Waals surface area contributed by atoms with E-state index in [1.54, 1.807) is 36.4 Å². The van der Waals surface area contributed by atoms with E-state index in [-0.39, 0.29) is 38.0 Å². The van der Waals surface area contributed by atoms with Crippen LogP contribution in [0.5, 0.6) is 11.5 Å². The SMILES string of the molecule is O=C1CC(N(Cc2ccc3c(c2)OCO3)C(=O)Cc2ccccc2)C(=O)N1c1ccccc1. The first-order valence-electron chi connectivity index (χ1n) is 10.7. The molecular formula is C26H22N2O5. The number of ether oxygens (including phenoxy) is 2. The van der Waals surface area contributed by atoms with E-state index in [0.29, 0.717) is 17.2 Å². The van der Waals surface area contributed by atoms with Crippen LogP contribution in [-0.4, -0.2) is 35.5 Å². The third-order valence-electron chi connectivity index (χ3n) is 5.82. The maximum Gasteiger partial charge on any atom is 0.257 e. The van der Waals surface area contributed by atoms with Crippen LogP contribution >= 0.6 is 0 Å². The van der Waals surface area contributed by atoms with Crippen molar-refractivity contribution in [2.24, 2.45) is 0 Å². The number of hydrogen-bond donors (Lipinski definition) is 0. The van der Waals surface area contributed by atoms with Crippen molar-refractivity contribution in [2.75, 3.05) is 11.7 Å². The van der Waals surface area contributed by atoms with Crippen molar-refractivity contribution in [3.63, 3.8) is 0 Å². The molecule has 2 aliphatic heterocycles. The third-order valence-corrected chi connectivity index (χ3v) is 5.82. The number of carbonyl (C=O) groups is 3. The lowest BCUT2D eigenvalue weighted by Gasteiger charge is -2.28. The Labute approximate surface area is 191 Å². The van der Waals surface area contributed by atoms with Crippen LogP contribution in [0, 0.1) is 0 Å². The Kier molecular flexibility index (Phi) is 5.52. The lowest BCUT2D eigenvalue weighted by atomic mass is 10.1. The minimum atomic E-state index is -0.876. The number of anilines is 1. The van der Waals surface area contributed by atoms with Gasteiger partial charge in [0.05, 0.1) is 18.5 Å². The van der Waals surface area contributed by atoms with Gasteiger partial charge in [-0.2, -0.15) is 0 Å². The number of carbonyl (C=O) groups excluding carboxylic acids is 3. The smallest absolute Gasteiger partial charge is 0.257 e. The Morgan fingerprint density at radius 3 is 2.33 bits per heavy atom. The Morgan fingerprint density at radius 2 is 1.58 bits per heavy atom. The normalized spacial score (nSPS) is 16.8. The number of fused-ring (bicyclic) bond motifs is 1. The van der Waals surface area contributed by atoms with Gasteiger partial charge in [-0.3, -0.25) is 14.4 Å². The molecule has 1 unspecified atom stereocenters. The van der Waals surface area contributed by atoms with Crippen LogP contribution in [0.4, 0.5) is 5.69 Å². The summed E-state index contributed by atoms with van der Waals surface area (Å²) in [7, 11) is 0. The van der Waals surface area contributed by atoms with Crippen LogP contribution in [0.3, 0.4) is 0 Å². The molecule has 7 nitrogen and oxygen atoms in total. The molecule has 1 saturated heterocycles. The van der Waals surface area contributed by atoms with Gasteiger partial charge in [-0.05, 0) is 35.4 Å². The number of imide groups is 1. The van der Waals surface area contributed by atoms with Gasteiger partial charge in [0, 0.05) is 6.54 Å². The predicted molar refractivity (Wildman–Crippen MR) is 121 cm³/mol. The van der Waals surface area contributed by atoms with Crippen LogP contribution in [-0.2, 0) is 27.3 Å². The molecule has 5 rings (SSSR count). The maximum absolute atomic E-state index is 13.4. The molecule has 3 aromatic carbocycles. The number of nitrogens with zero attached hydrogens (tertiary/aromatic N) is 2. The van der Waals surface area contributed by atoms with Gasteiger partial charge < -0.3 is 14.4 Å². The molecule has 0 aliphatic carbocycles. The van der Waals surface area contributed by atoms with Gasteiger partial charge in [0.2, 0.25) is 18.6 Å². The minimum Gasteiger partial charge on any atom is -0.454 e. The molecule has 1 atom stereocenters. The third kappa shape index (κ3) is 4.17. The van der Waals surface area contributed by atoms with Crippen LogP contribution in [0.1, 0.15) is 17.5 Å². The van der Waals surface area contributed by atoms with Crippen LogP contribution < -0.4 is 14.4 Å². The largest absolute Gasteiger partial charge is 0.454 e. The van der Waals surface area contributed by atoms with Gasteiger partial charge in [-0.15, -0.1) is 0 Å². The summed E-state index contributed by atoms with van der Waals surface area (Å²) < 4.78 is 10.8. The molecule has 3 amide bonds. The number of para-hydroxylation sites is 1. The molecule has 3 aromatic rings. The van der Waals surface area contributed by atoms with E-state index in [9.17, 15) is 14.4 Å². The second-order valence-electron chi connectivity index (χ2n) is 7.99. The second-order valence-corrected chi connectivity index (χ2v) is 7.99. The lowest BCUT2D eigenvalue weighted by molar-refractivity contribution is -0.138. The molecule has 2 heterocycles. The van der Waals surface area contributed by atoms with E-state index in [1.165, 1.54) is 9.80 Å². The van der Waals surface area contributed by atoms with Crippen LogP contribution in [0.25, 0.3) is 0 Å². The molecule has 0 aromatic heterocycles. The van der Waals surface area contributed by atoms with Gasteiger partial charge in [0.25, 0.3) is 5.91 Å². The van der Waals surface area contributed by atoms with Gasteiger partial charge in [0.15, 0.2) is 11.5 Å². The van der Waals surface area contributed by atoms with E-state index >= 15 is 0 Å². The van der Waals surface area contributed by atoms with E-state index in [0.717, 1.165) is 11.1 Å². The molecule has 33 heavy (non-hydrogen) atoms. The van der Waals surface area contributed by atoms with Crippen molar-refractivity contribution in [1.29, 1.82) is 0 Å². The summed E-state index contributed by atoms with van der Waals surface area (Å²) in [6.07, 6.45) is 0.0769. The van der Waals surface area contributed by atoms with E-state index in [1.807, 2.05) is 42.5 Å². The molecule has 7 heteroatoms. The summed E-state index contributed by atoms with van der Waals surface area (Å²) in [6.45, 7) is 0.325. The Hall–Kier alpha value is -4.13. The minimum absolute atomic E-state index is 0.0567. The summed E-state index contributed by atoms with van der Waals surface area (Å²) in [6, 6.07) is 22.7. The highest BCUT2D eigenvalue weighted by Crippen LogP contribution is 2.34. The van der Waals surface area contributed by atoms with Crippen molar-refractivity contribution < 1.29 is 23.9 Å². The Balaban J connectivity index is 1.45. The van der Waals surface area contributed by atoms with Crippen molar-refractivity contribution in [3.8, 4) is 11.5 Å². The zero-order valence-electron chi connectivity index (χ0n) is 17.8. The summed E-state index contributed by atoms with van der Waals surface area (Å²) in [4.78, 5) is 42.3. The van der Waals surface area contributed by atoms with Crippen LogP contribution in [0.2, 0.25) is 0 Å². The topological polar surface area (TPSA) is 76.1 Å². The Morgan fingerprint density at radius 1 is 0.879 bits per heavy atom. The summed E-state index contributed by atoms with van der Waals surface area (Å²) in [5, 5.41) is 0. The fourth-order valence-electron chi connectivity index (χ4n) is 4.19. The summed E-state index contributed by atoms with van der Waals surface area (Å²) in [5.74, 6) is 0.304. The van der Waals surface area contributed by atoms with Crippen molar-refractivity contribution in [2.45, 2.75) is 25.4 Å². The second kappa shape index (κ2) is 8.78. The molecule has 166 valence electrons. The quantitative estimate of drug-likeness (QED) is 0.548. The molecule has 2 aliphatic rings. The molecule has 0 bridgehead atoms.